The van der Waals surface area contributed by atoms with Gasteiger partial charge in [-0.3, -0.25) is 14.4 Å². The summed E-state index contributed by atoms with van der Waals surface area (Å²) in [5.41, 5.74) is -1.13. The van der Waals surface area contributed by atoms with E-state index in [9.17, 15) is 19.5 Å². The van der Waals surface area contributed by atoms with Crippen LogP contribution in [-0.2, 0) is 23.9 Å². The van der Waals surface area contributed by atoms with Gasteiger partial charge in [0.15, 0.2) is 6.10 Å². The van der Waals surface area contributed by atoms with Crippen molar-refractivity contribution in [1.29, 1.82) is 0 Å². The highest BCUT2D eigenvalue weighted by Crippen LogP contribution is 2.62. The van der Waals surface area contributed by atoms with Crippen LogP contribution in [0.3, 0.4) is 0 Å². The maximum Gasteiger partial charge on any atom is 0.313 e. The molecule has 18 heavy (non-hydrogen) atoms. The fraction of sp³-hybridized carbons (Fsp3) is 0.750. The number of fused-ring (bicyclic) bond motifs is 1. The Morgan fingerprint density at radius 1 is 1.50 bits per heavy atom. The quantitative estimate of drug-likeness (QED) is 0.730. The summed E-state index contributed by atoms with van der Waals surface area (Å²) in [7, 11) is 0. The summed E-state index contributed by atoms with van der Waals surface area (Å²) in [5, 5.41) is 9.44. The molecule has 5 atom stereocenters. The SMILES string of the molecule is CCC(=O)OC1C2OC(=O)C3CC1(C(=O)O)CC32. The first-order valence-corrected chi connectivity index (χ1v) is 6.13. The highest BCUT2D eigenvalue weighted by molar-refractivity contribution is 5.84. The molecule has 1 N–H and O–H groups in total. The summed E-state index contributed by atoms with van der Waals surface area (Å²) in [5.74, 6) is -2.23. The van der Waals surface area contributed by atoms with Gasteiger partial charge in [0.25, 0.3) is 0 Å². The van der Waals surface area contributed by atoms with E-state index in [1.165, 1.54) is 0 Å². The van der Waals surface area contributed by atoms with Gasteiger partial charge in [-0.25, -0.2) is 0 Å². The van der Waals surface area contributed by atoms with Crippen LogP contribution >= 0.6 is 0 Å². The summed E-state index contributed by atoms with van der Waals surface area (Å²) in [6.45, 7) is 1.65. The molecule has 0 aromatic heterocycles. The van der Waals surface area contributed by atoms with E-state index >= 15 is 0 Å². The van der Waals surface area contributed by atoms with Crippen molar-refractivity contribution < 1.29 is 29.0 Å². The molecule has 6 heteroatoms. The second kappa shape index (κ2) is 3.46. The molecule has 1 saturated heterocycles. The second-order valence-corrected chi connectivity index (χ2v) is 5.31. The minimum absolute atomic E-state index is 0.108. The lowest BCUT2D eigenvalue weighted by molar-refractivity contribution is -0.175. The van der Waals surface area contributed by atoms with Crippen LogP contribution in [0, 0.1) is 17.3 Å². The average molecular weight is 254 g/mol. The molecule has 0 aromatic carbocycles. The van der Waals surface area contributed by atoms with Crippen molar-refractivity contribution in [3.8, 4) is 0 Å². The van der Waals surface area contributed by atoms with Crippen molar-refractivity contribution in [2.75, 3.05) is 0 Å². The van der Waals surface area contributed by atoms with Crippen molar-refractivity contribution >= 4 is 17.9 Å². The van der Waals surface area contributed by atoms with Crippen LogP contribution in [0.25, 0.3) is 0 Å². The first kappa shape index (κ1) is 11.5. The molecule has 5 unspecified atom stereocenters. The van der Waals surface area contributed by atoms with E-state index in [1.54, 1.807) is 6.92 Å². The van der Waals surface area contributed by atoms with E-state index in [-0.39, 0.29) is 30.6 Å². The van der Waals surface area contributed by atoms with Crippen LogP contribution < -0.4 is 0 Å². The van der Waals surface area contributed by atoms with Gasteiger partial charge in [0, 0.05) is 12.3 Å². The van der Waals surface area contributed by atoms with Gasteiger partial charge in [-0.2, -0.15) is 0 Å². The number of carboxylic acids is 1. The Balaban J connectivity index is 1.95. The molecular weight excluding hydrogens is 240 g/mol. The van der Waals surface area contributed by atoms with Crippen LogP contribution in [0.4, 0.5) is 0 Å². The zero-order chi connectivity index (χ0) is 13.1. The van der Waals surface area contributed by atoms with Crippen molar-refractivity contribution in [2.24, 2.45) is 17.3 Å². The van der Waals surface area contributed by atoms with Crippen molar-refractivity contribution in [3.63, 3.8) is 0 Å². The topological polar surface area (TPSA) is 89.9 Å². The van der Waals surface area contributed by atoms with E-state index < -0.39 is 29.6 Å². The molecule has 0 aromatic rings. The van der Waals surface area contributed by atoms with Gasteiger partial charge >= 0.3 is 17.9 Å². The number of rotatable bonds is 3. The van der Waals surface area contributed by atoms with E-state index in [0.717, 1.165) is 0 Å². The Labute approximate surface area is 103 Å². The van der Waals surface area contributed by atoms with E-state index in [2.05, 4.69) is 0 Å². The molecule has 6 nitrogen and oxygen atoms in total. The number of aliphatic carboxylic acids is 1. The summed E-state index contributed by atoms with van der Waals surface area (Å²) in [4.78, 5) is 34.5. The van der Waals surface area contributed by atoms with Gasteiger partial charge in [-0.05, 0) is 12.8 Å². The zero-order valence-electron chi connectivity index (χ0n) is 9.92. The number of hydrogen-bond donors (Lipinski definition) is 1. The molecule has 3 rings (SSSR count). The predicted molar refractivity (Wildman–Crippen MR) is 56.3 cm³/mol. The molecule has 98 valence electrons. The number of carboxylic acid groups (broad SMARTS) is 1. The molecule has 2 aliphatic carbocycles. The maximum absolute atomic E-state index is 11.6. The van der Waals surface area contributed by atoms with Crippen molar-refractivity contribution in [1.82, 2.24) is 0 Å². The fourth-order valence-corrected chi connectivity index (χ4v) is 3.64. The van der Waals surface area contributed by atoms with Crippen LogP contribution in [0.15, 0.2) is 0 Å². The second-order valence-electron chi connectivity index (χ2n) is 5.31. The van der Waals surface area contributed by atoms with Crippen LogP contribution in [0.5, 0.6) is 0 Å². The lowest BCUT2D eigenvalue weighted by atomic mass is 9.78. The minimum Gasteiger partial charge on any atom is -0.481 e. The van der Waals surface area contributed by atoms with Gasteiger partial charge in [0.1, 0.15) is 11.5 Å². The number of esters is 2. The molecule has 2 bridgehead atoms. The summed E-state index contributed by atoms with van der Waals surface area (Å²) < 4.78 is 10.4. The molecular formula is C12H14O6. The fourth-order valence-electron chi connectivity index (χ4n) is 3.64. The third kappa shape index (κ3) is 1.20. The summed E-state index contributed by atoms with van der Waals surface area (Å²) in [6, 6.07) is 0. The molecule has 0 radical (unpaired) electrons. The Morgan fingerprint density at radius 3 is 2.83 bits per heavy atom. The van der Waals surface area contributed by atoms with E-state index in [1.807, 2.05) is 0 Å². The predicted octanol–water partition coefficient (Wildman–Crippen LogP) is 0.344. The Bertz CT molecular complexity index is 444. The average Bonchev–Trinajstić information content (AvgIpc) is 2.90. The Hall–Kier alpha value is -1.59. The van der Waals surface area contributed by atoms with E-state index in [0.29, 0.717) is 6.42 Å². The van der Waals surface area contributed by atoms with Crippen LogP contribution in [-0.4, -0.2) is 35.2 Å². The third-order valence-electron chi connectivity index (χ3n) is 4.49. The number of carbonyl (C=O) groups is 3. The largest absolute Gasteiger partial charge is 0.481 e. The summed E-state index contributed by atoms with van der Waals surface area (Å²) in [6.07, 6.45) is -0.617. The lowest BCUT2D eigenvalue weighted by Gasteiger charge is -2.32. The number of hydrogen-bond acceptors (Lipinski definition) is 5. The first-order chi connectivity index (χ1) is 8.49. The van der Waals surface area contributed by atoms with Crippen LogP contribution in [0.2, 0.25) is 0 Å². The molecule has 1 aliphatic heterocycles. The highest BCUT2D eigenvalue weighted by atomic mass is 16.6. The maximum atomic E-state index is 11.6. The molecule has 0 spiro atoms. The molecule has 3 fully saturated rings. The standard InChI is InChI=1S/C12H14O6/c1-2-7(13)17-9-8-5-3-12(9,11(15)16)4-6(5)10(14)18-8/h5-6,8-9H,2-4H2,1H3,(H,15,16). The molecule has 1 heterocycles. The molecule has 2 saturated carbocycles. The first-order valence-electron chi connectivity index (χ1n) is 6.13. The third-order valence-corrected chi connectivity index (χ3v) is 4.49. The normalized spacial score (nSPS) is 43.9. The smallest absolute Gasteiger partial charge is 0.313 e. The van der Waals surface area contributed by atoms with Gasteiger partial charge in [0.2, 0.25) is 0 Å². The van der Waals surface area contributed by atoms with Crippen molar-refractivity contribution in [2.45, 2.75) is 38.4 Å². The number of carbonyl (C=O) groups excluding carboxylic acids is 2. The Kier molecular flexibility index (Phi) is 2.21. The molecule has 3 aliphatic rings. The minimum atomic E-state index is -1.13. The van der Waals surface area contributed by atoms with Gasteiger partial charge in [-0.15, -0.1) is 0 Å². The van der Waals surface area contributed by atoms with Crippen LogP contribution in [0.1, 0.15) is 26.2 Å². The lowest BCUT2D eigenvalue weighted by Crippen LogP contribution is -2.46. The van der Waals surface area contributed by atoms with Gasteiger partial charge in [-0.1, -0.05) is 6.92 Å². The van der Waals surface area contributed by atoms with E-state index in [4.69, 9.17) is 9.47 Å². The zero-order valence-corrected chi connectivity index (χ0v) is 9.92. The van der Waals surface area contributed by atoms with Gasteiger partial charge < -0.3 is 14.6 Å². The molecule has 0 amide bonds. The number of ether oxygens (including phenoxy) is 2. The summed E-state index contributed by atoms with van der Waals surface area (Å²) >= 11 is 0. The van der Waals surface area contributed by atoms with Crippen molar-refractivity contribution in [3.05, 3.63) is 0 Å². The highest BCUT2D eigenvalue weighted by Gasteiger charge is 2.73. The van der Waals surface area contributed by atoms with Gasteiger partial charge in [0.05, 0.1) is 5.92 Å². The monoisotopic (exact) mass is 254 g/mol. The Morgan fingerprint density at radius 2 is 2.22 bits per heavy atom.